The van der Waals surface area contributed by atoms with E-state index in [1.165, 1.54) is 11.4 Å². The van der Waals surface area contributed by atoms with Crippen molar-refractivity contribution in [1.29, 1.82) is 0 Å². The number of aliphatic imine (C=N–C) groups is 1. The van der Waals surface area contributed by atoms with E-state index in [2.05, 4.69) is 46.5 Å². The topological polar surface area (TPSA) is 51.2 Å². The highest BCUT2D eigenvalue weighted by Crippen LogP contribution is 2.22. The summed E-state index contributed by atoms with van der Waals surface area (Å²) in [6.07, 6.45) is 2.88. The molecule has 1 atom stereocenters. The third-order valence-electron chi connectivity index (χ3n) is 5.33. The van der Waals surface area contributed by atoms with Crippen LogP contribution in [0.3, 0.4) is 0 Å². The van der Waals surface area contributed by atoms with Crippen molar-refractivity contribution in [3.05, 3.63) is 17.5 Å². The number of rotatable bonds is 5. The van der Waals surface area contributed by atoms with Crippen molar-refractivity contribution >= 4 is 52.2 Å². The van der Waals surface area contributed by atoms with Crippen LogP contribution in [0.5, 0.6) is 0 Å². The number of carbonyl (C=O) groups excluding carboxylic acids is 1. The lowest BCUT2D eigenvalue weighted by atomic mass is 10.00. The van der Waals surface area contributed by atoms with Crippen molar-refractivity contribution in [2.45, 2.75) is 33.1 Å². The number of piperazine rings is 1. The van der Waals surface area contributed by atoms with Crippen molar-refractivity contribution in [2.24, 2.45) is 10.9 Å². The number of halogens is 1. The van der Waals surface area contributed by atoms with Gasteiger partial charge in [-0.15, -0.1) is 35.3 Å². The summed E-state index contributed by atoms with van der Waals surface area (Å²) >= 11 is 1.80. The van der Waals surface area contributed by atoms with E-state index in [0.29, 0.717) is 18.9 Å². The van der Waals surface area contributed by atoms with Gasteiger partial charge in [0, 0.05) is 52.2 Å². The molecular weight excluding hydrogens is 485 g/mol. The maximum absolute atomic E-state index is 12.5. The minimum absolute atomic E-state index is 0. The molecule has 2 saturated heterocycles. The van der Waals surface area contributed by atoms with E-state index in [0.717, 1.165) is 58.2 Å². The third kappa shape index (κ3) is 6.50. The van der Waals surface area contributed by atoms with Gasteiger partial charge < -0.3 is 20.0 Å². The highest BCUT2D eigenvalue weighted by molar-refractivity contribution is 14.0. The molecule has 158 valence electrons. The zero-order valence-electron chi connectivity index (χ0n) is 17.1. The molecule has 2 aliphatic rings. The number of anilines is 1. The van der Waals surface area contributed by atoms with Crippen LogP contribution in [0.2, 0.25) is 0 Å². The number of nitrogens with one attached hydrogen (secondary N) is 1. The summed E-state index contributed by atoms with van der Waals surface area (Å²) in [4.78, 5) is 24.0. The van der Waals surface area contributed by atoms with Gasteiger partial charge in [0.05, 0.1) is 11.5 Å². The Bertz CT molecular complexity index is 616. The lowest BCUT2D eigenvalue weighted by molar-refractivity contribution is -0.132. The SMILES string of the molecule is CCNC(=NCCC(=O)N1CCCC(C)C1)N1CCN(c2cccs2)CC1.I. The lowest BCUT2D eigenvalue weighted by Gasteiger charge is -2.37. The maximum atomic E-state index is 12.5. The molecule has 28 heavy (non-hydrogen) atoms. The predicted molar refractivity (Wildman–Crippen MR) is 129 cm³/mol. The average molecular weight is 519 g/mol. The number of thiophene rings is 1. The van der Waals surface area contributed by atoms with Gasteiger partial charge in [-0.2, -0.15) is 0 Å². The second-order valence-corrected chi connectivity index (χ2v) is 8.42. The first-order valence-corrected chi connectivity index (χ1v) is 11.1. The zero-order chi connectivity index (χ0) is 19.1. The molecule has 1 unspecified atom stereocenters. The summed E-state index contributed by atoms with van der Waals surface area (Å²) in [7, 11) is 0. The number of nitrogens with zero attached hydrogens (tertiary/aromatic N) is 4. The van der Waals surface area contributed by atoms with Gasteiger partial charge in [-0.3, -0.25) is 9.79 Å². The molecule has 2 aliphatic heterocycles. The molecule has 8 heteroatoms. The van der Waals surface area contributed by atoms with E-state index in [1.807, 2.05) is 4.90 Å². The van der Waals surface area contributed by atoms with Crippen LogP contribution >= 0.6 is 35.3 Å². The Morgan fingerprint density at radius 1 is 1.25 bits per heavy atom. The van der Waals surface area contributed by atoms with E-state index < -0.39 is 0 Å². The number of piperidine rings is 1. The molecule has 1 aromatic rings. The van der Waals surface area contributed by atoms with Crippen molar-refractivity contribution in [3.8, 4) is 0 Å². The Labute approximate surface area is 190 Å². The largest absolute Gasteiger partial charge is 0.360 e. The van der Waals surface area contributed by atoms with Gasteiger partial charge in [-0.25, -0.2) is 0 Å². The normalized spacial score (nSPS) is 20.7. The molecule has 6 nitrogen and oxygen atoms in total. The fraction of sp³-hybridized carbons (Fsp3) is 0.700. The molecule has 1 aromatic heterocycles. The Morgan fingerprint density at radius 3 is 2.68 bits per heavy atom. The first-order chi connectivity index (χ1) is 13.2. The number of likely N-dealkylation sites (tertiary alicyclic amines) is 1. The quantitative estimate of drug-likeness (QED) is 0.369. The molecule has 0 spiro atoms. The minimum Gasteiger partial charge on any atom is -0.360 e. The van der Waals surface area contributed by atoms with E-state index in [1.54, 1.807) is 11.3 Å². The van der Waals surface area contributed by atoms with Gasteiger partial charge >= 0.3 is 0 Å². The number of hydrogen-bond donors (Lipinski definition) is 1. The van der Waals surface area contributed by atoms with Crippen LogP contribution < -0.4 is 10.2 Å². The van der Waals surface area contributed by atoms with Crippen LogP contribution in [0.25, 0.3) is 0 Å². The van der Waals surface area contributed by atoms with Gasteiger partial charge in [0.1, 0.15) is 0 Å². The fourth-order valence-corrected chi connectivity index (χ4v) is 4.63. The maximum Gasteiger partial charge on any atom is 0.224 e. The summed E-state index contributed by atoms with van der Waals surface area (Å²) in [5.41, 5.74) is 0. The number of carbonyl (C=O) groups is 1. The van der Waals surface area contributed by atoms with Crippen molar-refractivity contribution < 1.29 is 4.79 Å². The number of guanidine groups is 1. The van der Waals surface area contributed by atoms with Crippen LogP contribution in [0.4, 0.5) is 5.00 Å². The van der Waals surface area contributed by atoms with Crippen molar-refractivity contribution in [3.63, 3.8) is 0 Å². The fourth-order valence-electron chi connectivity index (χ4n) is 3.85. The molecule has 0 bridgehead atoms. The van der Waals surface area contributed by atoms with Crippen LogP contribution in [0, 0.1) is 5.92 Å². The second-order valence-electron chi connectivity index (χ2n) is 7.50. The zero-order valence-corrected chi connectivity index (χ0v) is 20.2. The highest BCUT2D eigenvalue weighted by Gasteiger charge is 2.22. The van der Waals surface area contributed by atoms with E-state index in [-0.39, 0.29) is 29.9 Å². The summed E-state index contributed by atoms with van der Waals surface area (Å²) in [5, 5.41) is 6.87. The third-order valence-corrected chi connectivity index (χ3v) is 6.26. The molecule has 1 amide bonds. The molecule has 0 saturated carbocycles. The predicted octanol–water partition coefficient (Wildman–Crippen LogP) is 3.10. The highest BCUT2D eigenvalue weighted by atomic mass is 127. The Morgan fingerprint density at radius 2 is 2.04 bits per heavy atom. The molecule has 0 radical (unpaired) electrons. The van der Waals surface area contributed by atoms with Crippen molar-refractivity contribution in [2.75, 3.05) is 57.3 Å². The Kier molecular flexibility index (Phi) is 9.84. The minimum atomic E-state index is 0. The Balaban J connectivity index is 0.00000280. The van der Waals surface area contributed by atoms with E-state index in [4.69, 9.17) is 4.99 Å². The monoisotopic (exact) mass is 519 g/mol. The summed E-state index contributed by atoms with van der Waals surface area (Å²) in [5.74, 6) is 1.83. The van der Waals surface area contributed by atoms with Gasteiger partial charge in [-0.05, 0) is 43.2 Å². The lowest BCUT2D eigenvalue weighted by Crippen LogP contribution is -2.52. The summed E-state index contributed by atoms with van der Waals surface area (Å²) in [6.45, 7) is 11.5. The van der Waals surface area contributed by atoms with E-state index >= 15 is 0 Å². The van der Waals surface area contributed by atoms with Crippen LogP contribution in [-0.4, -0.2) is 74.0 Å². The summed E-state index contributed by atoms with van der Waals surface area (Å²) in [6, 6.07) is 4.30. The van der Waals surface area contributed by atoms with Crippen LogP contribution in [-0.2, 0) is 4.79 Å². The summed E-state index contributed by atoms with van der Waals surface area (Å²) < 4.78 is 0. The number of amides is 1. The molecule has 2 fully saturated rings. The van der Waals surface area contributed by atoms with Crippen LogP contribution in [0.1, 0.15) is 33.1 Å². The van der Waals surface area contributed by atoms with Crippen LogP contribution in [0.15, 0.2) is 22.5 Å². The standard InChI is InChI=1S/C20H33N5OS.HI/c1-3-21-20(22-9-8-18(26)25-10-4-6-17(2)16-25)24-13-11-23(12-14-24)19-7-5-15-27-19;/h5,7,15,17H,3-4,6,8-14,16H2,1-2H3,(H,21,22);1H. The Hall–Kier alpha value is -1.03. The van der Waals surface area contributed by atoms with Gasteiger partial charge in [0.2, 0.25) is 5.91 Å². The second kappa shape index (κ2) is 11.8. The molecular formula is C20H34IN5OS. The number of hydrogen-bond acceptors (Lipinski definition) is 4. The van der Waals surface area contributed by atoms with Gasteiger partial charge in [-0.1, -0.05) is 6.92 Å². The molecule has 3 rings (SSSR count). The first kappa shape index (κ1) is 23.3. The van der Waals surface area contributed by atoms with Crippen molar-refractivity contribution in [1.82, 2.24) is 15.1 Å². The molecule has 1 N–H and O–H groups in total. The van der Waals surface area contributed by atoms with Gasteiger partial charge in [0.25, 0.3) is 0 Å². The molecule has 0 aliphatic carbocycles. The van der Waals surface area contributed by atoms with Gasteiger partial charge in [0.15, 0.2) is 5.96 Å². The first-order valence-electron chi connectivity index (χ1n) is 10.3. The molecule has 0 aromatic carbocycles. The van der Waals surface area contributed by atoms with E-state index in [9.17, 15) is 4.79 Å². The average Bonchev–Trinajstić information content (AvgIpc) is 3.22. The smallest absolute Gasteiger partial charge is 0.224 e. The molecule has 3 heterocycles.